The fraction of sp³-hybridized carbons (Fsp3) is 0.167. The van der Waals surface area contributed by atoms with E-state index in [1.807, 2.05) is 18.2 Å². The van der Waals surface area contributed by atoms with Crippen LogP contribution >= 0.6 is 0 Å². The number of rotatable bonds is 6. The summed E-state index contributed by atoms with van der Waals surface area (Å²) in [7, 11) is 0. The molecule has 0 atom stereocenters. The number of carbonyl (C=O) groups excluding carboxylic acids is 1. The van der Waals surface area contributed by atoms with Crippen molar-refractivity contribution in [2.75, 3.05) is 11.9 Å². The third-order valence-electron chi connectivity index (χ3n) is 3.48. The molecule has 24 heavy (non-hydrogen) atoms. The van der Waals surface area contributed by atoms with Gasteiger partial charge in [0, 0.05) is 12.6 Å². The normalized spacial score (nSPS) is 11.0. The number of aromatic nitrogens is 3. The van der Waals surface area contributed by atoms with Crippen LogP contribution in [0.4, 0.5) is 5.69 Å². The largest absolute Gasteiger partial charge is 0.477 e. The van der Waals surface area contributed by atoms with Crippen molar-refractivity contribution in [1.29, 1.82) is 0 Å². The molecular formula is C18H18N4O2. The molecule has 0 bridgehead atoms. The van der Waals surface area contributed by atoms with Gasteiger partial charge in [-0.05, 0) is 18.6 Å². The number of nitrogens with zero attached hydrogens (tertiary/aromatic N) is 2. The molecule has 1 amide bonds. The summed E-state index contributed by atoms with van der Waals surface area (Å²) in [5.41, 5.74) is 2.41. The molecular weight excluding hydrogens is 304 g/mol. The number of aromatic amines is 1. The first-order chi connectivity index (χ1) is 11.8. The lowest BCUT2D eigenvalue weighted by Gasteiger charge is -2.08. The Balaban J connectivity index is 1.77. The highest BCUT2D eigenvalue weighted by Gasteiger charge is 2.13. The summed E-state index contributed by atoms with van der Waals surface area (Å²) in [4.78, 5) is 23.2. The first-order valence-electron chi connectivity index (χ1n) is 7.70. The van der Waals surface area contributed by atoms with Crippen molar-refractivity contribution in [3.05, 3.63) is 60.6 Å². The maximum absolute atomic E-state index is 11.8. The lowest BCUT2D eigenvalue weighted by molar-refractivity contribution is -0.111. The SMILES string of the molecule is CC=CC(=O)Nc1c[nH]c2ncnc(OCCc3ccccc3)c12. The van der Waals surface area contributed by atoms with Gasteiger partial charge >= 0.3 is 0 Å². The summed E-state index contributed by atoms with van der Waals surface area (Å²) >= 11 is 0. The minimum atomic E-state index is -0.211. The molecule has 2 aromatic heterocycles. The van der Waals surface area contributed by atoms with Crippen LogP contribution in [0.3, 0.4) is 0 Å². The Morgan fingerprint density at radius 1 is 1.29 bits per heavy atom. The fourth-order valence-electron chi connectivity index (χ4n) is 2.38. The smallest absolute Gasteiger partial charge is 0.248 e. The van der Waals surface area contributed by atoms with Gasteiger partial charge in [-0.2, -0.15) is 0 Å². The molecule has 0 fully saturated rings. The standard InChI is InChI=1S/C18H18N4O2/c1-2-6-15(23)22-14-11-19-17-16(14)18(21-12-20-17)24-10-9-13-7-4-3-5-8-13/h2-8,11-12H,9-10H2,1H3,(H,22,23)(H,19,20,21). The number of carbonyl (C=O) groups is 1. The van der Waals surface area contributed by atoms with Crippen LogP contribution in [0.1, 0.15) is 12.5 Å². The molecule has 0 unspecified atom stereocenters. The zero-order valence-corrected chi connectivity index (χ0v) is 13.3. The Kier molecular flexibility index (Phi) is 4.86. The maximum Gasteiger partial charge on any atom is 0.248 e. The molecule has 6 heteroatoms. The zero-order chi connectivity index (χ0) is 16.8. The topological polar surface area (TPSA) is 79.9 Å². The molecule has 3 rings (SSSR count). The maximum atomic E-state index is 11.8. The van der Waals surface area contributed by atoms with E-state index < -0.39 is 0 Å². The summed E-state index contributed by atoms with van der Waals surface area (Å²) < 4.78 is 5.82. The Labute approximate surface area is 139 Å². The number of H-pyrrole nitrogens is 1. The van der Waals surface area contributed by atoms with E-state index in [1.54, 1.807) is 19.2 Å². The van der Waals surface area contributed by atoms with Gasteiger partial charge in [-0.25, -0.2) is 9.97 Å². The third kappa shape index (κ3) is 3.60. The lowest BCUT2D eigenvalue weighted by atomic mass is 10.2. The summed E-state index contributed by atoms with van der Waals surface area (Å²) in [6.07, 6.45) is 7.03. The predicted molar refractivity (Wildman–Crippen MR) is 93.0 cm³/mol. The highest BCUT2D eigenvalue weighted by atomic mass is 16.5. The van der Waals surface area contributed by atoms with Gasteiger partial charge in [0.05, 0.1) is 12.3 Å². The number of hydrogen-bond acceptors (Lipinski definition) is 4. The zero-order valence-electron chi connectivity index (χ0n) is 13.3. The summed E-state index contributed by atoms with van der Waals surface area (Å²) in [5.74, 6) is 0.241. The second kappa shape index (κ2) is 7.41. The van der Waals surface area contributed by atoms with Crippen molar-refractivity contribution in [3.8, 4) is 5.88 Å². The Morgan fingerprint density at radius 3 is 2.92 bits per heavy atom. The number of amides is 1. The number of hydrogen-bond donors (Lipinski definition) is 2. The predicted octanol–water partition coefficient (Wildman–Crippen LogP) is 3.09. The van der Waals surface area contributed by atoms with Crippen LogP contribution in [-0.4, -0.2) is 27.5 Å². The quantitative estimate of drug-likeness (QED) is 0.683. The van der Waals surface area contributed by atoms with Gasteiger partial charge in [0.15, 0.2) is 0 Å². The molecule has 0 saturated heterocycles. The molecule has 2 N–H and O–H groups in total. The van der Waals surface area contributed by atoms with Crippen LogP contribution in [0.15, 0.2) is 55.0 Å². The van der Waals surface area contributed by atoms with E-state index in [0.717, 1.165) is 6.42 Å². The number of nitrogens with one attached hydrogen (secondary N) is 2. The molecule has 0 radical (unpaired) electrons. The number of ether oxygens (including phenoxy) is 1. The van der Waals surface area contributed by atoms with Crippen molar-refractivity contribution in [1.82, 2.24) is 15.0 Å². The van der Waals surface area contributed by atoms with E-state index in [2.05, 4.69) is 32.4 Å². The van der Waals surface area contributed by atoms with Gasteiger partial charge < -0.3 is 15.0 Å². The van der Waals surface area contributed by atoms with E-state index >= 15 is 0 Å². The van der Waals surface area contributed by atoms with Gasteiger partial charge in [0.25, 0.3) is 0 Å². The molecule has 0 spiro atoms. The van der Waals surface area contributed by atoms with Crippen LogP contribution in [0.2, 0.25) is 0 Å². The summed E-state index contributed by atoms with van der Waals surface area (Å²) in [6, 6.07) is 10.1. The van der Waals surface area contributed by atoms with Crippen LogP contribution in [-0.2, 0) is 11.2 Å². The first-order valence-corrected chi connectivity index (χ1v) is 7.70. The Hall–Kier alpha value is -3.15. The first kappa shape index (κ1) is 15.7. The number of benzene rings is 1. The molecule has 6 nitrogen and oxygen atoms in total. The third-order valence-corrected chi connectivity index (χ3v) is 3.48. The molecule has 1 aromatic carbocycles. The van der Waals surface area contributed by atoms with Crippen molar-refractivity contribution in [3.63, 3.8) is 0 Å². The fourth-order valence-corrected chi connectivity index (χ4v) is 2.38. The van der Waals surface area contributed by atoms with Gasteiger partial charge in [0.1, 0.15) is 17.4 Å². The van der Waals surface area contributed by atoms with Crippen molar-refractivity contribution in [2.45, 2.75) is 13.3 Å². The van der Waals surface area contributed by atoms with Gasteiger partial charge in [0.2, 0.25) is 11.8 Å². The number of allylic oxidation sites excluding steroid dienone is 1. The van der Waals surface area contributed by atoms with Gasteiger partial charge in [-0.3, -0.25) is 4.79 Å². The summed E-state index contributed by atoms with van der Waals surface area (Å²) in [5, 5.41) is 3.47. The van der Waals surface area contributed by atoms with E-state index in [4.69, 9.17) is 4.74 Å². The number of anilines is 1. The van der Waals surface area contributed by atoms with Crippen LogP contribution in [0, 0.1) is 0 Å². The average Bonchev–Trinajstić information content (AvgIpc) is 3.00. The minimum Gasteiger partial charge on any atom is -0.477 e. The molecule has 2 heterocycles. The van der Waals surface area contributed by atoms with E-state index in [1.165, 1.54) is 18.0 Å². The second-order valence-corrected chi connectivity index (χ2v) is 5.18. The van der Waals surface area contributed by atoms with Crippen LogP contribution in [0.5, 0.6) is 5.88 Å². The van der Waals surface area contributed by atoms with Gasteiger partial charge in [-0.1, -0.05) is 36.4 Å². The molecule has 0 aliphatic heterocycles. The van der Waals surface area contributed by atoms with E-state index in [0.29, 0.717) is 29.2 Å². The molecule has 3 aromatic rings. The van der Waals surface area contributed by atoms with Crippen LogP contribution < -0.4 is 10.1 Å². The lowest BCUT2D eigenvalue weighted by Crippen LogP contribution is -2.08. The number of fused-ring (bicyclic) bond motifs is 1. The molecule has 0 aliphatic carbocycles. The second-order valence-electron chi connectivity index (χ2n) is 5.18. The average molecular weight is 322 g/mol. The van der Waals surface area contributed by atoms with E-state index in [9.17, 15) is 4.79 Å². The molecule has 0 saturated carbocycles. The Morgan fingerprint density at radius 2 is 2.12 bits per heavy atom. The van der Waals surface area contributed by atoms with Crippen molar-refractivity contribution < 1.29 is 9.53 Å². The van der Waals surface area contributed by atoms with Gasteiger partial charge in [-0.15, -0.1) is 0 Å². The van der Waals surface area contributed by atoms with Crippen LogP contribution in [0.25, 0.3) is 11.0 Å². The molecule has 122 valence electrons. The minimum absolute atomic E-state index is 0.211. The van der Waals surface area contributed by atoms with E-state index in [-0.39, 0.29) is 5.91 Å². The summed E-state index contributed by atoms with van der Waals surface area (Å²) in [6.45, 7) is 2.28. The van der Waals surface area contributed by atoms with Crippen molar-refractivity contribution in [2.24, 2.45) is 0 Å². The van der Waals surface area contributed by atoms with Crippen molar-refractivity contribution >= 4 is 22.6 Å². The highest BCUT2D eigenvalue weighted by molar-refractivity contribution is 6.06. The molecule has 0 aliphatic rings. The highest BCUT2D eigenvalue weighted by Crippen LogP contribution is 2.29. The monoisotopic (exact) mass is 322 g/mol. The Bertz CT molecular complexity index is 856.